The Bertz CT molecular complexity index is 980. The fourth-order valence-electron chi connectivity index (χ4n) is 4.33. The summed E-state index contributed by atoms with van der Waals surface area (Å²) in [6.07, 6.45) is -2.32. The van der Waals surface area contributed by atoms with Crippen LogP contribution in [0, 0.1) is 11.7 Å². The van der Waals surface area contributed by atoms with Gasteiger partial charge in [-0.15, -0.1) is 0 Å². The molecule has 0 aromatic heterocycles. The minimum atomic E-state index is -4.41. The zero-order chi connectivity index (χ0) is 22.2. The van der Waals surface area contributed by atoms with Crippen molar-refractivity contribution in [3.63, 3.8) is 0 Å². The molecule has 31 heavy (non-hydrogen) atoms. The van der Waals surface area contributed by atoms with Gasteiger partial charge in [0, 0.05) is 36.8 Å². The van der Waals surface area contributed by atoms with Gasteiger partial charge in [0.2, 0.25) is 5.91 Å². The molecule has 4 rings (SSSR count). The summed E-state index contributed by atoms with van der Waals surface area (Å²) < 4.78 is 52.1. The van der Waals surface area contributed by atoms with Crippen molar-refractivity contribution in [2.45, 2.75) is 31.9 Å². The monoisotopic (exact) mass is 434 g/mol. The fourth-order valence-corrected chi connectivity index (χ4v) is 4.33. The molecule has 0 saturated carbocycles. The molecule has 1 fully saturated rings. The first-order valence-electron chi connectivity index (χ1n) is 10.3. The summed E-state index contributed by atoms with van der Waals surface area (Å²) in [6.45, 7) is 1.28. The first-order valence-corrected chi connectivity index (χ1v) is 10.3. The van der Waals surface area contributed by atoms with E-state index in [9.17, 15) is 27.2 Å². The number of carbonyl (C=O) groups excluding carboxylic acids is 2. The minimum Gasteiger partial charge on any atom is -0.339 e. The lowest BCUT2D eigenvalue weighted by molar-refractivity contribution is -0.137. The van der Waals surface area contributed by atoms with Gasteiger partial charge < -0.3 is 9.80 Å². The van der Waals surface area contributed by atoms with Gasteiger partial charge in [0.15, 0.2) is 0 Å². The molecule has 2 aliphatic rings. The van der Waals surface area contributed by atoms with E-state index in [2.05, 4.69) is 0 Å². The number of anilines is 1. The van der Waals surface area contributed by atoms with Gasteiger partial charge in [-0.05, 0) is 73.7 Å². The number of fused-ring (bicyclic) bond motifs is 1. The second-order valence-electron chi connectivity index (χ2n) is 8.01. The second-order valence-corrected chi connectivity index (χ2v) is 8.01. The lowest BCUT2D eigenvalue weighted by atomic mass is 9.92. The number of nitrogens with zero attached hydrogens (tertiary/aromatic N) is 2. The number of hydrogen-bond acceptors (Lipinski definition) is 2. The molecule has 2 aromatic rings. The third-order valence-electron chi connectivity index (χ3n) is 6.01. The number of halogens is 4. The lowest BCUT2D eigenvalue weighted by Gasteiger charge is -2.36. The molecule has 2 aliphatic heterocycles. The number of amides is 2. The highest BCUT2D eigenvalue weighted by atomic mass is 19.4. The summed E-state index contributed by atoms with van der Waals surface area (Å²) in [6, 6.07) is 8.90. The predicted octanol–water partition coefficient (Wildman–Crippen LogP) is 4.68. The van der Waals surface area contributed by atoms with Gasteiger partial charge in [-0.3, -0.25) is 9.59 Å². The normalized spacial score (nSPS) is 17.4. The van der Waals surface area contributed by atoms with Crippen molar-refractivity contribution in [2.24, 2.45) is 5.92 Å². The van der Waals surface area contributed by atoms with E-state index in [0.29, 0.717) is 62.1 Å². The van der Waals surface area contributed by atoms with E-state index in [1.165, 1.54) is 30.3 Å². The van der Waals surface area contributed by atoms with E-state index in [4.69, 9.17) is 0 Å². The smallest absolute Gasteiger partial charge is 0.339 e. The van der Waals surface area contributed by atoms with Gasteiger partial charge in [-0.25, -0.2) is 4.39 Å². The molecule has 1 saturated heterocycles. The highest BCUT2D eigenvalue weighted by Crippen LogP contribution is 2.36. The van der Waals surface area contributed by atoms with E-state index in [0.717, 1.165) is 12.1 Å². The Hall–Kier alpha value is -2.90. The SMILES string of the molecule is O=C(c1ccc(F)cc1)N1CCC(C(=O)N2CCCc3cc(C(F)(F)F)ccc32)CC1. The van der Waals surface area contributed by atoms with Crippen LogP contribution in [-0.4, -0.2) is 36.3 Å². The maximum atomic E-state index is 13.1. The van der Waals surface area contributed by atoms with Crippen LogP contribution in [-0.2, 0) is 17.4 Å². The summed E-state index contributed by atoms with van der Waals surface area (Å²) >= 11 is 0. The van der Waals surface area contributed by atoms with E-state index >= 15 is 0 Å². The van der Waals surface area contributed by atoms with Crippen molar-refractivity contribution in [1.82, 2.24) is 4.90 Å². The zero-order valence-corrected chi connectivity index (χ0v) is 16.8. The summed E-state index contributed by atoms with van der Waals surface area (Å²) in [5.74, 6) is -1.00. The average molecular weight is 434 g/mol. The van der Waals surface area contributed by atoms with Crippen molar-refractivity contribution in [2.75, 3.05) is 24.5 Å². The van der Waals surface area contributed by atoms with Crippen LogP contribution in [0.15, 0.2) is 42.5 Å². The number of likely N-dealkylation sites (tertiary alicyclic amines) is 1. The van der Waals surface area contributed by atoms with Gasteiger partial charge in [-0.1, -0.05) is 0 Å². The Morgan fingerprint density at radius 1 is 0.935 bits per heavy atom. The van der Waals surface area contributed by atoms with E-state index in [-0.39, 0.29) is 17.7 Å². The summed E-state index contributed by atoms with van der Waals surface area (Å²) in [5.41, 5.74) is 0.789. The minimum absolute atomic E-state index is 0.102. The van der Waals surface area contributed by atoms with Crippen molar-refractivity contribution >= 4 is 17.5 Å². The fraction of sp³-hybridized carbons (Fsp3) is 0.391. The van der Waals surface area contributed by atoms with Crippen LogP contribution in [0.25, 0.3) is 0 Å². The molecule has 0 aliphatic carbocycles. The van der Waals surface area contributed by atoms with E-state index in [1.807, 2.05) is 0 Å². The van der Waals surface area contributed by atoms with E-state index < -0.39 is 17.6 Å². The zero-order valence-electron chi connectivity index (χ0n) is 16.8. The van der Waals surface area contributed by atoms with Gasteiger partial charge in [0.25, 0.3) is 5.91 Å². The summed E-state index contributed by atoms with van der Waals surface area (Å²) in [7, 11) is 0. The van der Waals surface area contributed by atoms with Crippen molar-refractivity contribution in [3.8, 4) is 0 Å². The number of rotatable bonds is 2. The van der Waals surface area contributed by atoms with Gasteiger partial charge in [-0.2, -0.15) is 13.2 Å². The molecule has 164 valence electrons. The highest BCUT2D eigenvalue weighted by Gasteiger charge is 2.35. The Morgan fingerprint density at radius 3 is 2.26 bits per heavy atom. The number of piperidine rings is 1. The van der Waals surface area contributed by atoms with E-state index in [1.54, 1.807) is 9.80 Å². The summed E-state index contributed by atoms with van der Waals surface area (Å²) in [5, 5.41) is 0. The van der Waals surface area contributed by atoms with Crippen LogP contribution in [0.1, 0.15) is 40.7 Å². The van der Waals surface area contributed by atoms with Crippen LogP contribution < -0.4 is 4.90 Å². The number of carbonyl (C=O) groups is 2. The quantitative estimate of drug-likeness (QED) is 0.645. The molecule has 0 unspecified atom stereocenters. The highest BCUT2D eigenvalue weighted by molar-refractivity contribution is 5.97. The molecule has 8 heteroatoms. The van der Waals surface area contributed by atoms with Gasteiger partial charge >= 0.3 is 6.18 Å². The van der Waals surface area contributed by atoms with Gasteiger partial charge in [0.05, 0.1) is 5.56 Å². The molecular formula is C23H22F4N2O2. The molecule has 2 aromatic carbocycles. The number of benzene rings is 2. The Balaban J connectivity index is 1.43. The number of hydrogen-bond donors (Lipinski definition) is 0. The Kier molecular flexibility index (Phi) is 5.73. The molecule has 2 heterocycles. The summed E-state index contributed by atoms with van der Waals surface area (Å²) in [4.78, 5) is 29.0. The number of aryl methyl sites for hydroxylation is 1. The third-order valence-corrected chi connectivity index (χ3v) is 6.01. The molecule has 2 amide bonds. The second kappa shape index (κ2) is 8.32. The third kappa shape index (κ3) is 4.43. The molecule has 0 bridgehead atoms. The van der Waals surface area contributed by atoms with Crippen LogP contribution in [0.3, 0.4) is 0 Å². The maximum Gasteiger partial charge on any atom is 0.416 e. The van der Waals surface area contributed by atoms with Crippen molar-refractivity contribution < 1.29 is 27.2 Å². The molecule has 4 nitrogen and oxygen atoms in total. The molecule has 0 spiro atoms. The van der Waals surface area contributed by atoms with Crippen LogP contribution in [0.2, 0.25) is 0 Å². The Morgan fingerprint density at radius 2 is 1.61 bits per heavy atom. The van der Waals surface area contributed by atoms with Crippen molar-refractivity contribution in [3.05, 3.63) is 65.0 Å². The molecule has 0 atom stereocenters. The first kappa shape index (κ1) is 21.3. The average Bonchev–Trinajstić information content (AvgIpc) is 2.77. The standard InChI is InChI=1S/C23H22F4N2O2/c24-19-6-3-15(4-7-19)21(30)28-12-9-16(10-13-28)22(31)29-11-1-2-17-14-18(23(25,26)27)5-8-20(17)29/h3-8,14,16H,1-2,9-13H2. The van der Waals surface area contributed by atoms with Crippen LogP contribution >= 0.6 is 0 Å². The topological polar surface area (TPSA) is 40.6 Å². The van der Waals surface area contributed by atoms with Crippen LogP contribution in [0.4, 0.5) is 23.2 Å². The molecule has 0 N–H and O–H groups in total. The largest absolute Gasteiger partial charge is 0.416 e. The molecular weight excluding hydrogens is 412 g/mol. The van der Waals surface area contributed by atoms with Crippen molar-refractivity contribution in [1.29, 1.82) is 0 Å². The Labute approximate surface area is 177 Å². The molecule has 0 radical (unpaired) electrons. The van der Waals surface area contributed by atoms with Crippen LogP contribution in [0.5, 0.6) is 0 Å². The maximum absolute atomic E-state index is 13.1. The lowest BCUT2D eigenvalue weighted by Crippen LogP contribution is -2.45. The number of alkyl halides is 3. The first-order chi connectivity index (χ1) is 14.7. The predicted molar refractivity (Wildman–Crippen MR) is 107 cm³/mol. The van der Waals surface area contributed by atoms with Gasteiger partial charge in [0.1, 0.15) is 5.82 Å².